The van der Waals surface area contributed by atoms with Crippen LogP contribution in [-0.4, -0.2) is 60.3 Å². The zero-order chi connectivity index (χ0) is 22.7. The normalized spacial score (nSPS) is 14.9. The Kier molecular flexibility index (Phi) is 6.17. The predicted octanol–water partition coefficient (Wildman–Crippen LogP) is 3.49. The third-order valence-electron chi connectivity index (χ3n) is 4.96. The summed E-state index contributed by atoms with van der Waals surface area (Å²) < 4.78 is 6.97. The van der Waals surface area contributed by atoms with E-state index in [-0.39, 0.29) is 12.0 Å². The van der Waals surface area contributed by atoms with Gasteiger partial charge in [-0.05, 0) is 51.7 Å². The van der Waals surface area contributed by atoms with Gasteiger partial charge in [-0.2, -0.15) is 5.10 Å². The average molecular weight is 456 g/mol. The Hall–Kier alpha value is -3.34. The lowest BCUT2D eigenvalue weighted by Gasteiger charge is -2.33. The molecular weight excluding hydrogens is 430 g/mol. The number of amides is 2. The Morgan fingerprint density at radius 3 is 2.56 bits per heavy atom. The first-order valence-corrected chi connectivity index (χ1v) is 11.2. The number of anilines is 1. The van der Waals surface area contributed by atoms with E-state index >= 15 is 0 Å². The molecule has 1 N–H and O–H groups in total. The number of hydrogen-bond acceptors (Lipinski definition) is 8. The van der Waals surface area contributed by atoms with Crippen LogP contribution in [0.1, 0.15) is 54.8 Å². The molecule has 0 unspecified atom stereocenters. The largest absolute Gasteiger partial charge is 0.444 e. The van der Waals surface area contributed by atoms with Crippen molar-refractivity contribution < 1.29 is 14.3 Å². The highest BCUT2D eigenvalue weighted by Crippen LogP contribution is 2.34. The third kappa shape index (κ3) is 5.28. The number of ether oxygens (including phenoxy) is 1. The molecule has 0 spiro atoms. The first-order chi connectivity index (χ1) is 15.3. The second kappa shape index (κ2) is 9.03. The molecule has 0 aromatic carbocycles. The molecule has 1 fully saturated rings. The second-order valence-corrected chi connectivity index (χ2v) is 9.57. The van der Waals surface area contributed by atoms with E-state index in [0.717, 1.165) is 17.7 Å². The molecule has 10 nitrogen and oxygen atoms in total. The summed E-state index contributed by atoms with van der Waals surface area (Å²) in [6, 6.07) is 3.38. The lowest BCUT2D eigenvalue weighted by Crippen LogP contribution is -2.41. The number of carbonyl (C=O) groups is 2. The van der Waals surface area contributed by atoms with E-state index in [0.29, 0.717) is 35.5 Å². The van der Waals surface area contributed by atoms with Gasteiger partial charge < -0.3 is 9.64 Å². The molecule has 0 aliphatic carbocycles. The van der Waals surface area contributed by atoms with Crippen molar-refractivity contribution in [3.8, 4) is 5.82 Å². The summed E-state index contributed by atoms with van der Waals surface area (Å²) in [5, 5.41) is 7.39. The summed E-state index contributed by atoms with van der Waals surface area (Å²) in [6.45, 7) is 6.89. The SMILES string of the molecule is CC(C)(C)OC(=O)N1CCC(c2cnc(NC(=O)c3ccc(-n4cncn4)nc3)s2)CC1. The van der Waals surface area contributed by atoms with Gasteiger partial charge >= 0.3 is 6.09 Å². The van der Waals surface area contributed by atoms with Crippen molar-refractivity contribution in [1.82, 2.24) is 29.6 Å². The number of pyridine rings is 1. The maximum Gasteiger partial charge on any atom is 0.410 e. The van der Waals surface area contributed by atoms with Gasteiger partial charge in [0.1, 0.15) is 18.3 Å². The Morgan fingerprint density at radius 2 is 1.94 bits per heavy atom. The standard InChI is InChI=1S/C21H25N7O3S/c1-21(2,3)31-20(30)27-8-6-14(7-9-27)16-11-24-19(32-16)26-18(29)15-4-5-17(23-10-15)28-13-22-12-25-28/h4-5,10-14H,6-9H2,1-3H3,(H,24,26,29). The van der Waals surface area contributed by atoms with Crippen molar-refractivity contribution in [2.45, 2.75) is 45.1 Å². The molecular formula is C21H25N7O3S. The van der Waals surface area contributed by atoms with E-state index in [4.69, 9.17) is 4.74 Å². The molecule has 11 heteroatoms. The lowest BCUT2D eigenvalue weighted by atomic mass is 9.96. The maximum atomic E-state index is 12.6. The van der Waals surface area contributed by atoms with Crippen molar-refractivity contribution in [1.29, 1.82) is 0 Å². The molecule has 3 aromatic rings. The minimum Gasteiger partial charge on any atom is -0.444 e. The van der Waals surface area contributed by atoms with Gasteiger partial charge in [0.05, 0.1) is 5.56 Å². The van der Waals surface area contributed by atoms with Gasteiger partial charge in [-0.3, -0.25) is 10.1 Å². The number of aromatic nitrogens is 5. The number of hydrogen-bond donors (Lipinski definition) is 1. The van der Waals surface area contributed by atoms with Crippen LogP contribution in [0.15, 0.2) is 37.2 Å². The van der Waals surface area contributed by atoms with Crippen LogP contribution >= 0.6 is 11.3 Å². The van der Waals surface area contributed by atoms with E-state index in [1.54, 1.807) is 23.2 Å². The van der Waals surface area contributed by atoms with E-state index < -0.39 is 5.60 Å². The monoisotopic (exact) mass is 455 g/mol. The van der Waals surface area contributed by atoms with Gasteiger partial charge in [0, 0.05) is 30.4 Å². The summed E-state index contributed by atoms with van der Waals surface area (Å²) >= 11 is 1.46. The van der Waals surface area contributed by atoms with E-state index in [1.807, 2.05) is 20.8 Å². The maximum absolute atomic E-state index is 12.6. The first kappa shape index (κ1) is 21.9. The first-order valence-electron chi connectivity index (χ1n) is 10.3. The zero-order valence-corrected chi connectivity index (χ0v) is 19.0. The van der Waals surface area contributed by atoms with Crippen LogP contribution < -0.4 is 5.32 Å². The van der Waals surface area contributed by atoms with Gasteiger partial charge in [0.2, 0.25) is 0 Å². The van der Waals surface area contributed by atoms with Crippen LogP contribution in [-0.2, 0) is 4.74 Å². The molecule has 0 atom stereocenters. The number of nitrogens with zero attached hydrogens (tertiary/aromatic N) is 6. The Morgan fingerprint density at radius 1 is 1.16 bits per heavy atom. The highest BCUT2D eigenvalue weighted by atomic mass is 32.1. The fraction of sp³-hybridized carbons (Fsp3) is 0.429. The molecule has 0 saturated carbocycles. The van der Waals surface area contributed by atoms with Crippen molar-refractivity contribution in [2.75, 3.05) is 18.4 Å². The molecule has 168 valence electrons. The van der Waals surface area contributed by atoms with Gasteiger partial charge in [-0.1, -0.05) is 0 Å². The molecule has 1 saturated heterocycles. The molecule has 3 aromatic heterocycles. The van der Waals surface area contributed by atoms with Crippen LogP contribution in [0.2, 0.25) is 0 Å². The van der Waals surface area contributed by atoms with Gasteiger partial charge in [0.25, 0.3) is 5.91 Å². The highest BCUT2D eigenvalue weighted by Gasteiger charge is 2.28. The van der Waals surface area contributed by atoms with E-state index in [1.165, 1.54) is 34.9 Å². The minimum atomic E-state index is -0.495. The summed E-state index contributed by atoms with van der Waals surface area (Å²) in [6.07, 6.45) is 7.66. The summed E-state index contributed by atoms with van der Waals surface area (Å²) in [5.41, 5.74) is -0.0680. The van der Waals surface area contributed by atoms with Gasteiger partial charge in [-0.15, -0.1) is 11.3 Å². The van der Waals surface area contributed by atoms with Gasteiger partial charge in [-0.25, -0.2) is 24.4 Å². The fourth-order valence-electron chi connectivity index (χ4n) is 3.36. The predicted molar refractivity (Wildman–Crippen MR) is 119 cm³/mol. The lowest BCUT2D eigenvalue weighted by molar-refractivity contribution is 0.0205. The molecule has 2 amide bonds. The number of piperidine rings is 1. The van der Waals surface area contributed by atoms with Crippen LogP contribution in [0.4, 0.5) is 9.93 Å². The number of rotatable bonds is 4. The number of likely N-dealkylation sites (tertiary alicyclic amines) is 1. The smallest absolute Gasteiger partial charge is 0.410 e. The second-order valence-electron chi connectivity index (χ2n) is 8.51. The van der Waals surface area contributed by atoms with Crippen molar-refractivity contribution >= 4 is 28.5 Å². The average Bonchev–Trinajstić information content (AvgIpc) is 3.45. The van der Waals surface area contributed by atoms with Crippen molar-refractivity contribution in [3.63, 3.8) is 0 Å². The Balaban J connectivity index is 1.31. The number of carbonyl (C=O) groups excluding carboxylic acids is 2. The third-order valence-corrected chi connectivity index (χ3v) is 6.03. The Labute approximate surface area is 189 Å². The quantitative estimate of drug-likeness (QED) is 0.640. The molecule has 32 heavy (non-hydrogen) atoms. The molecule has 0 bridgehead atoms. The Bertz CT molecular complexity index is 1070. The summed E-state index contributed by atoms with van der Waals surface area (Å²) in [7, 11) is 0. The summed E-state index contributed by atoms with van der Waals surface area (Å²) in [5.74, 6) is 0.608. The van der Waals surface area contributed by atoms with E-state index in [9.17, 15) is 9.59 Å². The number of thiazole rings is 1. The fourth-order valence-corrected chi connectivity index (χ4v) is 4.34. The molecule has 4 heterocycles. The van der Waals surface area contributed by atoms with Crippen molar-refractivity contribution in [3.05, 3.63) is 47.6 Å². The van der Waals surface area contributed by atoms with Crippen LogP contribution in [0, 0.1) is 0 Å². The molecule has 4 rings (SSSR count). The highest BCUT2D eigenvalue weighted by molar-refractivity contribution is 7.15. The molecule has 1 aliphatic heterocycles. The summed E-state index contributed by atoms with van der Waals surface area (Å²) in [4.78, 5) is 40.1. The van der Waals surface area contributed by atoms with Crippen LogP contribution in [0.5, 0.6) is 0 Å². The van der Waals surface area contributed by atoms with E-state index in [2.05, 4.69) is 25.4 Å². The van der Waals surface area contributed by atoms with Crippen molar-refractivity contribution in [2.24, 2.45) is 0 Å². The minimum absolute atomic E-state index is 0.267. The molecule has 1 aliphatic rings. The topological polar surface area (TPSA) is 115 Å². The van der Waals surface area contributed by atoms with Gasteiger partial charge in [0.15, 0.2) is 10.9 Å². The molecule has 0 radical (unpaired) electrons. The zero-order valence-electron chi connectivity index (χ0n) is 18.2. The van der Waals surface area contributed by atoms with Crippen LogP contribution in [0.25, 0.3) is 5.82 Å². The van der Waals surface area contributed by atoms with Crippen LogP contribution in [0.3, 0.4) is 0 Å². The number of nitrogens with one attached hydrogen (secondary N) is 1.